The van der Waals surface area contributed by atoms with Crippen LogP contribution in [0.25, 0.3) is 0 Å². The normalized spacial score (nSPS) is 13.6. The number of alkyl halides is 1. The molecule has 3 heteroatoms. The molecule has 1 heterocycles. The summed E-state index contributed by atoms with van der Waals surface area (Å²) in [5, 5.41) is 0.126. The highest BCUT2D eigenvalue weighted by atomic mass is 35.5. The summed E-state index contributed by atoms with van der Waals surface area (Å²) >= 11 is 14.0. The Bertz CT molecular complexity index is 270. The van der Waals surface area contributed by atoms with E-state index < -0.39 is 0 Å². The first-order valence-corrected chi connectivity index (χ1v) is 6.63. The molecule has 1 atom stereocenters. The van der Waals surface area contributed by atoms with Gasteiger partial charge in [-0.15, -0.1) is 22.9 Å². The van der Waals surface area contributed by atoms with Crippen molar-refractivity contribution in [2.75, 3.05) is 0 Å². The molecule has 0 aliphatic carbocycles. The van der Waals surface area contributed by atoms with Crippen molar-refractivity contribution in [3.63, 3.8) is 0 Å². The number of hydrogen-bond donors (Lipinski definition) is 0. The van der Waals surface area contributed by atoms with Gasteiger partial charge >= 0.3 is 0 Å². The fourth-order valence-electron chi connectivity index (χ4n) is 1.55. The number of aryl methyl sites for hydroxylation is 1. The molecule has 14 heavy (non-hydrogen) atoms. The maximum atomic E-state index is 6.41. The van der Waals surface area contributed by atoms with Gasteiger partial charge in [0.05, 0.1) is 9.71 Å². The van der Waals surface area contributed by atoms with Crippen molar-refractivity contribution in [1.82, 2.24) is 0 Å². The lowest BCUT2D eigenvalue weighted by Gasteiger charge is -2.17. The molecule has 0 aliphatic rings. The van der Waals surface area contributed by atoms with Crippen molar-refractivity contribution in [3.8, 4) is 0 Å². The number of thiophene rings is 1. The maximum absolute atomic E-state index is 6.41. The highest BCUT2D eigenvalue weighted by molar-refractivity contribution is 7.16. The molecule has 80 valence electrons. The molecule has 0 saturated carbocycles. The number of halogens is 2. The summed E-state index contributed by atoms with van der Waals surface area (Å²) in [6, 6.07) is 2.11. The monoisotopic (exact) mass is 250 g/mol. The van der Waals surface area contributed by atoms with Gasteiger partial charge in [-0.1, -0.05) is 38.3 Å². The van der Waals surface area contributed by atoms with Crippen LogP contribution in [0, 0.1) is 12.8 Å². The topological polar surface area (TPSA) is 0 Å². The molecule has 0 bridgehead atoms. The quantitative estimate of drug-likeness (QED) is 0.626. The second-order valence-electron chi connectivity index (χ2n) is 3.58. The zero-order valence-corrected chi connectivity index (χ0v) is 11.1. The minimum atomic E-state index is 0.126. The van der Waals surface area contributed by atoms with E-state index in [1.807, 2.05) is 6.92 Å². The molecule has 0 saturated heterocycles. The third kappa shape index (κ3) is 2.65. The Morgan fingerprint density at radius 2 is 1.93 bits per heavy atom. The Labute approximate surface area is 100 Å². The fraction of sp³-hybridized carbons (Fsp3) is 0.636. The summed E-state index contributed by atoms with van der Waals surface area (Å²) in [5.74, 6) is 0.561. The van der Waals surface area contributed by atoms with Crippen LogP contribution in [0.15, 0.2) is 6.07 Å². The minimum Gasteiger partial charge on any atom is -0.127 e. The lowest BCUT2D eigenvalue weighted by atomic mass is 9.98. The van der Waals surface area contributed by atoms with Crippen LogP contribution in [-0.4, -0.2) is 0 Å². The van der Waals surface area contributed by atoms with E-state index in [4.69, 9.17) is 23.2 Å². The van der Waals surface area contributed by atoms with Crippen LogP contribution in [0.5, 0.6) is 0 Å². The smallest absolute Gasteiger partial charge is 0.0960 e. The van der Waals surface area contributed by atoms with Gasteiger partial charge in [0.1, 0.15) is 0 Å². The molecule has 1 aromatic heterocycles. The average molecular weight is 251 g/mol. The van der Waals surface area contributed by atoms with E-state index in [-0.39, 0.29) is 5.38 Å². The Kier molecular flexibility index (Phi) is 4.75. The van der Waals surface area contributed by atoms with Gasteiger partial charge in [-0.3, -0.25) is 0 Å². The molecule has 0 radical (unpaired) electrons. The van der Waals surface area contributed by atoms with Gasteiger partial charge in [-0.05, 0) is 24.5 Å². The molecule has 0 amide bonds. The summed E-state index contributed by atoms with van der Waals surface area (Å²) in [6.07, 6.45) is 2.25. The molecule has 1 unspecified atom stereocenters. The van der Waals surface area contributed by atoms with Gasteiger partial charge in [0.25, 0.3) is 0 Å². The van der Waals surface area contributed by atoms with Crippen LogP contribution in [0.1, 0.15) is 42.5 Å². The molecule has 0 fully saturated rings. The first kappa shape index (κ1) is 12.4. The van der Waals surface area contributed by atoms with Gasteiger partial charge in [-0.25, -0.2) is 0 Å². The standard InChI is InChI=1S/C11H16Cl2S/c1-4-8(5-2)10(12)9-6-7(3)11(13)14-9/h6,8,10H,4-5H2,1-3H3. The summed E-state index contributed by atoms with van der Waals surface area (Å²) in [6.45, 7) is 6.40. The zero-order valence-electron chi connectivity index (χ0n) is 8.81. The summed E-state index contributed by atoms with van der Waals surface area (Å²) in [5.41, 5.74) is 1.14. The van der Waals surface area contributed by atoms with Crippen molar-refractivity contribution in [3.05, 3.63) is 20.8 Å². The van der Waals surface area contributed by atoms with E-state index in [1.165, 1.54) is 4.88 Å². The second-order valence-corrected chi connectivity index (χ2v) is 5.74. The predicted octanol–water partition coefficient (Wildman–Crippen LogP) is 5.43. The Morgan fingerprint density at radius 3 is 2.29 bits per heavy atom. The van der Waals surface area contributed by atoms with Crippen molar-refractivity contribution < 1.29 is 0 Å². The average Bonchev–Trinajstić information content (AvgIpc) is 2.49. The van der Waals surface area contributed by atoms with Gasteiger partial charge in [-0.2, -0.15) is 0 Å². The molecule has 0 nitrogen and oxygen atoms in total. The van der Waals surface area contributed by atoms with Crippen LogP contribution >= 0.6 is 34.5 Å². The Hall–Kier alpha value is 0.280. The van der Waals surface area contributed by atoms with Crippen molar-refractivity contribution in [2.45, 2.75) is 39.0 Å². The molecule has 0 aromatic carbocycles. The van der Waals surface area contributed by atoms with E-state index in [0.29, 0.717) is 5.92 Å². The number of rotatable bonds is 4. The molecule has 0 spiro atoms. The highest BCUT2D eigenvalue weighted by Crippen LogP contribution is 2.40. The molecule has 1 aromatic rings. The van der Waals surface area contributed by atoms with E-state index in [1.54, 1.807) is 11.3 Å². The lowest BCUT2D eigenvalue weighted by molar-refractivity contribution is 0.479. The molecular weight excluding hydrogens is 235 g/mol. The van der Waals surface area contributed by atoms with Gasteiger partial charge in [0.15, 0.2) is 0 Å². The minimum absolute atomic E-state index is 0.126. The maximum Gasteiger partial charge on any atom is 0.0960 e. The third-order valence-electron chi connectivity index (χ3n) is 2.61. The first-order chi connectivity index (χ1) is 6.60. The lowest BCUT2D eigenvalue weighted by Crippen LogP contribution is -2.04. The van der Waals surface area contributed by atoms with E-state index in [0.717, 1.165) is 22.7 Å². The van der Waals surface area contributed by atoms with Crippen LogP contribution in [-0.2, 0) is 0 Å². The zero-order chi connectivity index (χ0) is 10.7. The van der Waals surface area contributed by atoms with E-state index in [2.05, 4.69) is 19.9 Å². The summed E-state index contributed by atoms with van der Waals surface area (Å²) in [4.78, 5) is 1.21. The summed E-state index contributed by atoms with van der Waals surface area (Å²) in [7, 11) is 0. The van der Waals surface area contributed by atoms with Crippen LogP contribution < -0.4 is 0 Å². The van der Waals surface area contributed by atoms with Crippen molar-refractivity contribution in [2.24, 2.45) is 5.92 Å². The van der Waals surface area contributed by atoms with Crippen LogP contribution in [0.3, 0.4) is 0 Å². The number of hydrogen-bond acceptors (Lipinski definition) is 1. The van der Waals surface area contributed by atoms with Gasteiger partial charge in [0, 0.05) is 4.88 Å². The van der Waals surface area contributed by atoms with Crippen LogP contribution in [0.2, 0.25) is 4.34 Å². The SMILES string of the molecule is CCC(CC)C(Cl)c1cc(C)c(Cl)s1. The third-order valence-corrected chi connectivity index (χ3v) is 4.97. The molecular formula is C11H16Cl2S. The van der Waals surface area contributed by atoms with Crippen molar-refractivity contribution >= 4 is 34.5 Å². The largest absolute Gasteiger partial charge is 0.127 e. The Morgan fingerprint density at radius 1 is 1.36 bits per heavy atom. The first-order valence-electron chi connectivity index (χ1n) is 5.00. The highest BCUT2D eigenvalue weighted by Gasteiger charge is 2.20. The Balaban J connectivity index is 2.82. The van der Waals surface area contributed by atoms with Crippen molar-refractivity contribution in [1.29, 1.82) is 0 Å². The predicted molar refractivity (Wildman–Crippen MR) is 66.7 cm³/mol. The molecule has 0 N–H and O–H groups in total. The molecule has 0 aliphatic heterocycles. The van der Waals surface area contributed by atoms with Crippen LogP contribution in [0.4, 0.5) is 0 Å². The second kappa shape index (κ2) is 5.39. The van der Waals surface area contributed by atoms with E-state index >= 15 is 0 Å². The fourth-order valence-corrected chi connectivity index (χ4v) is 3.40. The van der Waals surface area contributed by atoms with Gasteiger partial charge < -0.3 is 0 Å². The molecule has 1 rings (SSSR count). The van der Waals surface area contributed by atoms with Gasteiger partial charge in [0.2, 0.25) is 0 Å². The summed E-state index contributed by atoms with van der Waals surface area (Å²) < 4.78 is 0.872. The van der Waals surface area contributed by atoms with E-state index in [9.17, 15) is 0 Å².